The summed E-state index contributed by atoms with van der Waals surface area (Å²) in [5.74, 6) is 0.688. The first-order chi connectivity index (χ1) is 8.31. The van der Waals surface area contributed by atoms with Crippen LogP contribution in [0, 0.1) is 0 Å². The number of aromatic amines is 2. The zero-order valence-electron chi connectivity index (χ0n) is 8.81. The van der Waals surface area contributed by atoms with Gasteiger partial charge in [0.1, 0.15) is 5.76 Å². The maximum absolute atomic E-state index is 11.1. The summed E-state index contributed by atoms with van der Waals surface area (Å²) in [5.41, 5.74) is 2.05. The SMILES string of the molecule is O=c1[nH]c2ccc(N=Cc3ccco3)cc2[nH]1. The lowest BCUT2D eigenvalue weighted by atomic mass is 10.3. The maximum Gasteiger partial charge on any atom is 0.323 e. The van der Waals surface area contributed by atoms with Crippen LogP contribution in [0.5, 0.6) is 0 Å². The van der Waals surface area contributed by atoms with Crippen molar-refractivity contribution in [3.63, 3.8) is 0 Å². The molecule has 0 aliphatic rings. The van der Waals surface area contributed by atoms with E-state index in [1.54, 1.807) is 24.6 Å². The highest BCUT2D eigenvalue weighted by molar-refractivity contribution is 5.82. The van der Waals surface area contributed by atoms with Crippen LogP contribution in [-0.2, 0) is 0 Å². The van der Waals surface area contributed by atoms with Crippen molar-refractivity contribution in [3.05, 3.63) is 52.8 Å². The van der Waals surface area contributed by atoms with E-state index in [0.29, 0.717) is 5.76 Å². The van der Waals surface area contributed by atoms with Crippen molar-refractivity contribution in [1.29, 1.82) is 0 Å². The number of H-pyrrole nitrogens is 2. The van der Waals surface area contributed by atoms with Gasteiger partial charge in [0.05, 0.1) is 29.2 Å². The topological polar surface area (TPSA) is 74.2 Å². The highest BCUT2D eigenvalue weighted by atomic mass is 16.3. The number of nitrogens with zero attached hydrogens (tertiary/aromatic N) is 1. The zero-order chi connectivity index (χ0) is 11.7. The predicted molar refractivity (Wildman–Crippen MR) is 64.9 cm³/mol. The van der Waals surface area contributed by atoms with E-state index in [-0.39, 0.29) is 5.69 Å². The van der Waals surface area contributed by atoms with Gasteiger partial charge in [0.2, 0.25) is 0 Å². The molecule has 1 aromatic carbocycles. The lowest BCUT2D eigenvalue weighted by Crippen LogP contribution is -1.99. The quantitative estimate of drug-likeness (QED) is 0.658. The fraction of sp³-hybridized carbons (Fsp3) is 0. The van der Waals surface area contributed by atoms with E-state index in [4.69, 9.17) is 4.42 Å². The molecule has 2 N–H and O–H groups in total. The van der Waals surface area contributed by atoms with Gasteiger partial charge in [-0.25, -0.2) is 4.79 Å². The standard InChI is InChI=1S/C12H9N3O2/c16-12-14-10-4-3-8(6-11(10)15-12)13-7-9-2-1-5-17-9/h1-7H,(H2,14,15,16). The molecule has 3 rings (SSSR count). The molecule has 3 aromatic rings. The molecule has 0 spiro atoms. The summed E-state index contributed by atoms with van der Waals surface area (Å²) in [6.45, 7) is 0. The molecule has 0 saturated heterocycles. The van der Waals surface area contributed by atoms with Crippen LogP contribution in [0.2, 0.25) is 0 Å². The number of aliphatic imine (C=N–C) groups is 1. The van der Waals surface area contributed by atoms with Crippen molar-refractivity contribution in [2.24, 2.45) is 4.99 Å². The molecule has 0 bridgehead atoms. The Morgan fingerprint density at radius 2 is 2.06 bits per heavy atom. The van der Waals surface area contributed by atoms with Crippen LogP contribution < -0.4 is 5.69 Å². The fourth-order valence-corrected chi connectivity index (χ4v) is 1.60. The van der Waals surface area contributed by atoms with Gasteiger partial charge < -0.3 is 14.4 Å². The Hall–Kier alpha value is -2.56. The summed E-state index contributed by atoms with van der Waals surface area (Å²) in [4.78, 5) is 20.7. The van der Waals surface area contributed by atoms with E-state index in [1.807, 2.05) is 18.2 Å². The Bertz CT molecular complexity index is 720. The molecule has 17 heavy (non-hydrogen) atoms. The molecule has 0 saturated carbocycles. The first kappa shape index (κ1) is 9.65. The number of aromatic nitrogens is 2. The maximum atomic E-state index is 11.1. The summed E-state index contributed by atoms with van der Waals surface area (Å²) < 4.78 is 5.13. The van der Waals surface area contributed by atoms with Crippen LogP contribution in [0.15, 0.2) is 50.8 Å². The Morgan fingerprint density at radius 1 is 1.18 bits per heavy atom. The van der Waals surface area contributed by atoms with E-state index in [1.165, 1.54) is 0 Å². The molecule has 84 valence electrons. The highest BCUT2D eigenvalue weighted by Crippen LogP contribution is 2.17. The van der Waals surface area contributed by atoms with Gasteiger partial charge in [-0.15, -0.1) is 0 Å². The number of hydrogen-bond acceptors (Lipinski definition) is 3. The Kier molecular flexibility index (Phi) is 2.15. The van der Waals surface area contributed by atoms with Gasteiger partial charge in [0.25, 0.3) is 0 Å². The minimum absolute atomic E-state index is 0.216. The van der Waals surface area contributed by atoms with Crippen molar-refractivity contribution in [1.82, 2.24) is 9.97 Å². The number of hydrogen-bond donors (Lipinski definition) is 2. The molecule has 0 aliphatic heterocycles. The summed E-state index contributed by atoms with van der Waals surface area (Å²) in [6, 6.07) is 9.05. The zero-order valence-corrected chi connectivity index (χ0v) is 8.81. The van der Waals surface area contributed by atoms with Gasteiger partial charge >= 0.3 is 5.69 Å². The molecule has 0 amide bonds. The van der Waals surface area contributed by atoms with Crippen molar-refractivity contribution < 1.29 is 4.42 Å². The van der Waals surface area contributed by atoms with Crippen molar-refractivity contribution in [2.75, 3.05) is 0 Å². The second-order valence-corrected chi connectivity index (χ2v) is 3.58. The Labute approximate surface area is 95.8 Å². The molecule has 2 heterocycles. The number of fused-ring (bicyclic) bond motifs is 1. The molecular formula is C12H9N3O2. The third-order valence-corrected chi connectivity index (χ3v) is 2.38. The number of imidazole rings is 1. The number of rotatable bonds is 2. The molecule has 0 atom stereocenters. The highest BCUT2D eigenvalue weighted by Gasteiger charge is 1.98. The third kappa shape index (κ3) is 1.90. The van der Waals surface area contributed by atoms with Crippen LogP contribution in [0.4, 0.5) is 5.69 Å². The summed E-state index contributed by atoms with van der Waals surface area (Å²) in [6.07, 6.45) is 3.22. The van der Waals surface area contributed by atoms with Gasteiger partial charge in [-0.05, 0) is 30.3 Å². The largest absolute Gasteiger partial charge is 0.463 e. The fourth-order valence-electron chi connectivity index (χ4n) is 1.60. The van der Waals surface area contributed by atoms with Gasteiger partial charge in [0, 0.05) is 0 Å². The predicted octanol–water partition coefficient (Wildman–Crippen LogP) is 2.20. The third-order valence-electron chi connectivity index (χ3n) is 2.38. The minimum Gasteiger partial charge on any atom is -0.463 e. The van der Waals surface area contributed by atoms with Crippen molar-refractivity contribution in [2.45, 2.75) is 0 Å². The van der Waals surface area contributed by atoms with Crippen molar-refractivity contribution >= 4 is 22.9 Å². The summed E-state index contributed by atoms with van der Waals surface area (Å²) in [7, 11) is 0. The van der Waals surface area contributed by atoms with Crippen LogP contribution in [0.25, 0.3) is 11.0 Å². The van der Waals surface area contributed by atoms with Crippen LogP contribution in [-0.4, -0.2) is 16.2 Å². The van der Waals surface area contributed by atoms with E-state index < -0.39 is 0 Å². The second kappa shape index (κ2) is 3.79. The average molecular weight is 227 g/mol. The first-order valence-corrected chi connectivity index (χ1v) is 5.11. The monoisotopic (exact) mass is 227 g/mol. The number of benzene rings is 1. The molecule has 0 aliphatic carbocycles. The van der Waals surface area contributed by atoms with Gasteiger partial charge in [0.15, 0.2) is 0 Å². The van der Waals surface area contributed by atoms with Crippen LogP contribution in [0.3, 0.4) is 0 Å². The molecular weight excluding hydrogens is 218 g/mol. The van der Waals surface area contributed by atoms with Gasteiger partial charge in [-0.3, -0.25) is 4.99 Å². The number of furan rings is 1. The summed E-state index contributed by atoms with van der Waals surface area (Å²) >= 11 is 0. The van der Waals surface area contributed by atoms with E-state index in [9.17, 15) is 4.79 Å². The van der Waals surface area contributed by atoms with E-state index in [0.717, 1.165) is 16.7 Å². The Balaban J connectivity index is 1.98. The van der Waals surface area contributed by atoms with E-state index >= 15 is 0 Å². The number of nitrogens with one attached hydrogen (secondary N) is 2. The normalized spacial score (nSPS) is 11.5. The Morgan fingerprint density at radius 3 is 2.88 bits per heavy atom. The molecule has 5 heteroatoms. The lowest BCUT2D eigenvalue weighted by molar-refractivity contribution is 0.560. The molecule has 2 aromatic heterocycles. The van der Waals surface area contributed by atoms with Crippen LogP contribution >= 0.6 is 0 Å². The van der Waals surface area contributed by atoms with E-state index in [2.05, 4.69) is 15.0 Å². The lowest BCUT2D eigenvalue weighted by Gasteiger charge is -1.92. The van der Waals surface area contributed by atoms with Gasteiger partial charge in [-0.1, -0.05) is 0 Å². The molecule has 0 unspecified atom stereocenters. The van der Waals surface area contributed by atoms with Gasteiger partial charge in [-0.2, -0.15) is 0 Å². The smallest absolute Gasteiger partial charge is 0.323 e. The molecule has 0 fully saturated rings. The minimum atomic E-state index is -0.216. The first-order valence-electron chi connectivity index (χ1n) is 5.11. The average Bonchev–Trinajstić information content (AvgIpc) is 2.92. The second-order valence-electron chi connectivity index (χ2n) is 3.58. The molecule has 5 nitrogen and oxygen atoms in total. The summed E-state index contributed by atoms with van der Waals surface area (Å²) in [5, 5.41) is 0. The van der Waals surface area contributed by atoms with Crippen molar-refractivity contribution in [3.8, 4) is 0 Å². The van der Waals surface area contributed by atoms with Crippen LogP contribution in [0.1, 0.15) is 5.76 Å². The molecule has 0 radical (unpaired) electrons.